The molecule has 0 unspecified atom stereocenters. The van der Waals surface area contributed by atoms with Crippen molar-refractivity contribution in [3.05, 3.63) is 47.3 Å². The molecule has 1 aliphatic rings. The molecular weight excluding hydrogens is 280 g/mol. The lowest BCUT2D eigenvalue weighted by Gasteiger charge is -2.15. The Morgan fingerprint density at radius 1 is 1.19 bits per heavy atom. The number of halogens is 2. The molecular formula is C14H11F2N3O2. The molecule has 21 heavy (non-hydrogen) atoms. The number of hydrogen-bond acceptors (Lipinski definition) is 3. The number of anilines is 1. The van der Waals surface area contributed by atoms with Crippen LogP contribution in [0.1, 0.15) is 15.9 Å². The molecule has 1 amide bonds. The van der Waals surface area contributed by atoms with Crippen molar-refractivity contribution in [1.29, 1.82) is 0 Å². The number of carbonyl (C=O) groups excluding carboxylic acids is 2. The lowest BCUT2D eigenvalue weighted by atomic mass is 10.1. The Balaban J connectivity index is 1.88. The van der Waals surface area contributed by atoms with Gasteiger partial charge in [-0.3, -0.25) is 14.3 Å². The van der Waals surface area contributed by atoms with Gasteiger partial charge in [-0.1, -0.05) is 0 Å². The number of aromatic nitrogens is 2. The Morgan fingerprint density at radius 2 is 1.90 bits per heavy atom. The van der Waals surface area contributed by atoms with Crippen LogP contribution in [0.2, 0.25) is 0 Å². The first-order chi connectivity index (χ1) is 9.97. The molecule has 7 heteroatoms. The zero-order valence-corrected chi connectivity index (χ0v) is 11.1. The number of hydrogen-bond donors (Lipinski definition) is 0. The van der Waals surface area contributed by atoms with E-state index in [0.29, 0.717) is 6.42 Å². The van der Waals surface area contributed by atoms with Crippen molar-refractivity contribution in [3.8, 4) is 0 Å². The van der Waals surface area contributed by atoms with Gasteiger partial charge in [0.1, 0.15) is 0 Å². The van der Waals surface area contributed by atoms with E-state index >= 15 is 0 Å². The number of carbonyl (C=O) groups is 2. The predicted octanol–water partition coefficient (Wildman–Crippen LogP) is 1.47. The fourth-order valence-corrected chi connectivity index (χ4v) is 2.35. The van der Waals surface area contributed by atoms with E-state index in [1.54, 1.807) is 24.1 Å². The lowest BCUT2D eigenvalue weighted by Crippen LogP contribution is -2.31. The Kier molecular flexibility index (Phi) is 3.04. The van der Waals surface area contributed by atoms with E-state index in [1.165, 1.54) is 4.90 Å². The van der Waals surface area contributed by atoms with Crippen LogP contribution in [0.25, 0.3) is 0 Å². The third-order valence-corrected chi connectivity index (χ3v) is 3.40. The molecule has 0 aliphatic carbocycles. The average Bonchev–Trinajstić information content (AvgIpc) is 2.95. The topological polar surface area (TPSA) is 55.2 Å². The SMILES string of the molecule is Cn1cc(CCN2C(=O)C(=O)c3cc(F)c(F)cc32)cn1. The molecule has 0 saturated carbocycles. The number of ketones is 1. The van der Waals surface area contributed by atoms with Crippen molar-refractivity contribution in [2.24, 2.45) is 7.05 Å². The van der Waals surface area contributed by atoms with Crippen LogP contribution in [0.15, 0.2) is 24.5 Å². The number of amides is 1. The van der Waals surface area contributed by atoms with E-state index < -0.39 is 23.3 Å². The second-order valence-electron chi connectivity index (χ2n) is 4.84. The van der Waals surface area contributed by atoms with E-state index in [1.807, 2.05) is 0 Å². The zero-order chi connectivity index (χ0) is 15.1. The molecule has 3 rings (SSSR count). The van der Waals surface area contributed by atoms with Crippen molar-refractivity contribution in [3.63, 3.8) is 0 Å². The van der Waals surface area contributed by atoms with Crippen LogP contribution in [0.3, 0.4) is 0 Å². The molecule has 0 bridgehead atoms. The number of benzene rings is 1. The fourth-order valence-electron chi connectivity index (χ4n) is 2.35. The van der Waals surface area contributed by atoms with Gasteiger partial charge in [-0.25, -0.2) is 8.78 Å². The van der Waals surface area contributed by atoms with Crippen LogP contribution < -0.4 is 4.90 Å². The number of aryl methyl sites for hydroxylation is 1. The van der Waals surface area contributed by atoms with Crippen LogP contribution in [0.4, 0.5) is 14.5 Å². The van der Waals surface area contributed by atoms with Gasteiger partial charge in [-0.05, 0) is 18.1 Å². The second-order valence-corrected chi connectivity index (χ2v) is 4.84. The summed E-state index contributed by atoms with van der Waals surface area (Å²) in [5.41, 5.74) is 0.909. The summed E-state index contributed by atoms with van der Waals surface area (Å²) in [7, 11) is 1.77. The van der Waals surface area contributed by atoms with Gasteiger partial charge >= 0.3 is 0 Å². The van der Waals surface area contributed by atoms with Gasteiger partial charge in [0.2, 0.25) is 0 Å². The van der Waals surface area contributed by atoms with Crippen molar-refractivity contribution in [2.75, 3.05) is 11.4 Å². The summed E-state index contributed by atoms with van der Waals surface area (Å²) in [4.78, 5) is 24.9. The van der Waals surface area contributed by atoms with Crippen molar-refractivity contribution < 1.29 is 18.4 Å². The van der Waals surface area contributed by atoms with E-state index in [4.69, 9.17) is 0 Å². The largest absolute Gasteiger partial charge is 0.304 e. The molecule has 0 N–H and O–H groups in total. The summed E-state index contributed by atoms with van der Waals surface area (Å²) in [6.45, 7) is 0.203. The van der Waals surface area contributed by atoms with Crippen LogP contribution >= 0.6 is 0 Å². The molecule has 0 saturated heterocycles. The van der Waals surface area contributed by atoms with Gasteiger partial charge in [-0.15, -0.1) is 0 Å². The van der Waals surface area contributed by atoms with E-state index in [9.17, 15) is 18.4 Å². The maximum absolute atomic E-state index is 13.3. The number of Topliss-reactive ketones (excluding diaryl/α,β-unsaturated/α-hetero) is 1. The van der Waals surface area contributed by atoms with Crippen molar-refractivity contribution in [2.45, 2.75) is 6.42 Å². The summed E-state index contributed by atoms with van der Waals surface area (Å²) in [5, 5.41) is 4.00. The van der Waals surface area contributed by atoms with E-state index in [-0.39, 0.29) is 17.8 Å². The van der Waals surface area contributed by atoms with Crippen LogP contribution in [0.5, 0.6) is 0 Å². The van der Waals surface area contributed by atoms with Gasteiger partial charge in [0, 0.05) is 25.9 Å². The van der Waals surface area contributed by atoms with Crippen LogP contribution in [0, 0.1) is 11.6 Å². The summed E-state index contributed by atoms with van der Waals surface area (Å²) >= 11 is 0. The minimum atomic E-state index is -1.14. The van der Waals surface area contributed by atoms with Crippen LogP contribution in [-0.2, 0) is 18.3 Å². The van der Waals surface area contributed by atoms with Gasteiger partial charge < -0.3 is 4.90 Å². The molecule has 0 spiro atoms. The predicted molar refractivity (Wildman–Crippen MR) is 70.0 cm³/mol. The minimum absolute atomic E-state index is 0.0925. The third-order valence-electron chi connectivity index (χ3n) is 3.40. The molecule has 0 atom stereocenters. The lowest BCUT2D eigenvalue weighted by molar-refractivity contribution is -0.114. The summed E-state index contributed by atoms with van der Waals surface area (Å²) < 4.78 is 28.1. The highest BCUT2D eigenvalue weighted by Gasteiger charge is 2.36. The second kappa shape index (κ2) is 4.76. The zero-order valence-electron chi connectivity index (χ0n) is 11.1. The van der Waals surface area contributed by atoms with Crippen molar-refractivity contribution >= 4 is 17.4 Å². The Morgan fingerprint density at radius 3 is 2.57 bits per heavy atom. The van der Waals surface area contributed by atoms with E-state index in [0.717, 1.165) is 17.7 Å². The summed E-state index contributed by atoms with van der Waals surface area (Å²) in [6.07, 6.45) is 3.90. The maximum Gasteiger partial charge on any atom is 0.299 e. The highest BCUT2D eigenvalue weighted by atomic mass is 19.2. The number of rotatable bonds is 3. The monoisotopic (exact) mass is 291 g/mol. The van der Waals surface area contributed by atoms with Gasteiger partial charge in [0.05, 0.1) is 17.4 Å². The summed E-state index contributed by atoms with van der Waals surface area (Å²) in [5.74, 6) is -3.79. The Bertz CT molecular complexity index is 755. The smallest absolute Gasteiger partial charge is 0.299 e. The van der Waals surface area contributed by atoms with Crippen LogP contribution in [-0.4, -0.2) is 28.0 Å². The minimum Gasteiger partial charge on any atom is -0.304 e. The maximum atomic E-state index is 13.3. The molecule has 1 aliphatic heterocycles. The molecule has 5 nitrogen and oxygen atoms in total. The fraction of sp³-hybridized carbons (Fsp3) is 0.214. The summed E-state index contributed by atoms with van der Waals surface area (Å²) in [6, 6.07) is 1.66. The van der Waals surface area contributed by atoms with Gasteiger partial charge in [0.15, 0.2) is 11.6 Å². The molecule has 0 radical (unpaired) electrons. The quantitative estimate of drug-likeness (QED) is 0.805. The van der Waals surface area contributed by atoms with Crippen molar-refractivity contribution in [1.82, 2.24) is 9.78 Å². The molecule has 1 aromatic carbocycles. The van der Waals surface area contributed by atoms with Gasteiger partial charge in [0.25, 0.3) is 11.7 Å². The third kappa shape index (κ3) is 2.20. The van der Waals surface area contributed by atoms with E-state index in [2.05, 4.69) is 5.10 Å². The normalized spacial score (nSPS) is 14.0. The first-order valence-corrected chi connectivity index (χ1v) is 6.30. The Hall–Kier alpha value is -2.57. The number of nitrogens with zero attached hydrogens (tertiary/aromatic N) is 3. The molecule has 0 fully saturated rings. The molecule has 108 valence electrons. The highest BCUT2D eigenvalue weighted by molar-refractivity contribution is 6.52. The standard InChI is InChI=1S/C14H11F2N3O2/c1-18-7-8(6-17-18)2-3-19-12-5-11(16)10(15)4-9(12)13(20)14(19)21/h4-7H,2-3H2,1H3. The molecule has 1 aromatic heterocycles. The highest BCUT2D eigenvalue weighted by Crippen LogP contribution is 2.31. The average molecular weight is 291 g/mol. The molecule has 2 heterocycles. The van der Waals surface area contributed by atoms with Gasteiger partial charge in [-0.2, -0.15) is 5.10 Å². The first-order valence-electron chi connectivity index (χ1n) is 6.30. The first kappa shape index (κ1) is 13.4. The Labute approximate surface area is 118 Å². The number of fused-ring (bicyclic) bond motifs is 1. The molecule has 2 aromatic rings.